The van der Waals surface area contributed by atoms with Gasteiger partial charge < -0.3 is 15.2 Å². The molecular formula is C23H25F3N4O3. The zero-order valence-electron chi connectivity index (χ0n) is 18.1. The quantitative estimate of drug-likeness (QED) is 0.548. The van der Waals surface area contributed by atoms with Crippen LogP contribution in [0.1, 0.15) is 54.8 Å². The van der Waals surface area contributed by atoms with Gasteiger partial charge in [-0.05, 0) is 49.8 Å². The molecule has 0 radical (unpaired) electrons. The molecular weight excluding hydrogens is 437 g/mol. The third-order valence-electron chi connectivity index (χ3n) is 5.85. The Morgan fingerprint density at radius 3 is 2.70 bits per heavy atom. The summed E-state index contributed by atoms with van der Waals surface area (Å²) in [6, 6.07) is 6.76. The Balaban J connectivity index is 1.63. The second-order valence-corrected chi connectivity index (χ2v) is 8.36. The van der Waals surface area contributed by atoms with Gasteiger partial charge >= 0.3 is 6.18 Å². The van der Waals surface area contributed by atoms with E-state index in [0.29, 0.717) is 17.5 Å². The van der Waals surface area contributed by atoms with Crippen molar-refractivity contribution in [3.63, 3.8) is 0 Å². The van der Waals surface area contributed by atoms with Crippen LogP contribution >= 0.6 is 0 Å². The number of pyridine rings is 1. The lowest BCUT2D eigenvalue weighted by Crippen LogP contribution is -2.17. The first-order valence-electron chi connectivity index (χ1n) is 10.9. The van der Waals surface area contributed by atoms with Crippen molar-refractivity contribution >= 4 is 22.5 Å². The van der Waals surface area contributed by atoms with Crippen molar-refractivity contribution in [1.29, 1.82) is 0 Å². The minimum absolute atomic E-state index is 0.0165. The summed E-state index contributed by atoms with van der Waals surface area (Å²) in [5.74, 6) is 0.165. The van der Waals surface area contributed by atoms with Gasteiger partial charge in [0.15, 0.2) is 0 Å². The number of anilines is 1. The lowest BCUT2D eigenvalue weighted by atomic mass is 9.87. The number of carbonyl (C=O) groups is 1. The number of fused-ring (bicyclic) bond motifs is 1. The molecule has 2 aromatic heterocycles. The first kappa shape index (κ1) is 23.0. The van der Waals surface area contributed by atoms with Gasteiger partial charge in [0.25, 0.3) is 5.91 Å². The summed E-state index contributed by atoms with van der Waals surface area (Å²) in [4.78, 5) is 16.1. The van der Waals surface area contributed by atoms with E-state index in [1.165, 1.54) is 6.07 Å². The molecule has 0 atom stereocenters. The number of nitrogens with one attached hydrogen (secondary N) is 1. The first-order chi connectivity index (χ1) is 15.7. The van der Waals surface area contributed by atoms with E-state index in [1.54, 1.807) is 12.1 Å². The van der Waals surface area contributed by atoms with Gasteiger partial charge in [-0.2, -0.15) is 18.3 Å². The SMILES string of the molecule is CC1CCC(n2cc3cc(NC(=O)c4cccc(C(F)(F)F)n4)c(OCCO)cc3n2)CC1. The van der Waals surface area contributed by atoms with Crippen LogP contribution in [-0.2, 0) is 6.18 Å². The number of amides is 1. The number of benzene rings is 1. The molecule has 2 heterocycles. The van der Waals surface area contributed by atoms with Crippen LogP contribution in [0.4, 0.5) is 18.9 Å². The molecule has 1 aromatic carbocycles. The predicted octanol–water partition coefficient (Wildman–Crippen LogP) is 4.82. The van der Waals surface area contributed by atoms with Crippen molar-refractivity contribution in [1.82, 2.24) is 14.8 Å². The molecule has 7 nitrogen and oxygen atoms in total. The average Bonchev–Trinajstić information content (AvgIpc) is 3.20. The zero-order chi connectivity index (χ0) is 23.6. The molecule has 1 amide bonds. The second kappa shape index (κ2) is 9.38. The highest BCUT2D eigenvalue weighted by Gasteiger charge is 2.33. The Labute approximate surface area is 188 Å². The van der Waals surface area contributed by atoms with Gasteiger partial charge in [-0.25, -0.2) is 4.98 Å². The molecule has 1 saturated carbocycles. The van der Waals surface area contributed by atoms with E-state index in [0.717, 1.165) is 43.2 Å². The lowest BCUT2D eigenvalue weighted by Gasteiger charge is -2.26. The van der Waals surface area contributed by atoms with Gasteiger partial charge in [0.2, 0.25) is 0 Å². The zero-order valence-corrected chi connectivity index (χ0v) is 18.1. The molecule has 0 bridgehead atoms. The molecule has 2 N–H and O–H groups in total. The van der Waals surface area contributed by atoms with Gasteiger partial charge in [0.1, 0.15) is 23.7 Å². The number of ether oxygens (including phenoxy) is 1. The summed E-state index contributed by atoms with van der Waals surface area (Å²) < 4.78 is 46.4. The fourth-order valence-corrected chi connectivity index (χ4v) is 4.04. The van der Waals surface area contributed by atoms with Gasteiger partial charge in [-0.15, -0.1) is 0 Å². The highest BCUT2D eigenvalue weighted by atomic mass is 19.4. The maximum absolute atomic E-state index is 13.0. The Kier molecular flexibility index (Phi) is 6.55. The molecule has 0 spiro atoms. The number of rotatable bonds is 6. The standard InChI is InChI=1S/C23H25F3N4O3/c1-14-5-7-16(8-6-14)30-13-15-11-19(20(33-10-9-31)12-18(15)29-30)28-22(32)17-3-2-4-21(27-17)23(24,25)26/h2-4,11-14,16,31H,5-10H2,1H3,(H,28,32). The number of halogens is 3. The van der Waals surface area contributed by atoms with E-state index in [1.807, 2.05) is 10.9 Å². The molecule has 33 heavy (non-hydrogen) atoms. The monoisotopic (exact) mass is 462 g/mol. The summed E-state index contributed by atoms with van der Waals surface area (Å²) >= 11 is 0. The summed E-state index contributed by atoms with van der Waals surface area (Å²) in [7, 11) is 0. The molecule has 3 aromatic rings. The maximum Gasteiger partial charge on any atom is 0.433 e. The van der Waals surface area contributed by atoms with Crippen LogP contribution in [0.2, 0.25) is 0 Å². The topological polar surface area (TPSA) is 89.3 Å². The van der Waals surface area contributed by atoms with E-state index < -0.39 is 17.8 Å². The van der Waals surface area contributed by atoms with E-state index >= 15 is 0 Å². The first-order valence-corrected chi connectivity index (χ1v) is 10.9. The predicted molar refractivity (Wildman–Crippen MR) is 116 cm³/mol. The van der Waals surface area contributed by atoms with Crippen LogP contribution in [-0.4, -0.2) is 39.0 Å². The van der Waals surface area contributed by atoms with Gasteiger partial charge in [-0.1, -0.05) is 13.0 Å². The molecule has 10 heteroatoms. The molecule has 176 valence electrons. The minimum atomic E-state index is -4.66. The minimum Gasteiger partial charge on any atom is -0.489 e. The highest BCUT2D eigenvalue weighted by Crippen LogP contribution is 2.35. The van der Waals surface area contributed by atoms with Gasteiger partial charge in [-0.3, -0.25) is 9.48 Å². The number of hydrogen-bond acceptors (Lipinski definition) is 5. The van der Waals surface area contributed by atoms with Gasteiger partial charge in [0.05, 0.1) is 23.9 Å². The average molecular weight is 462 g/mol. The fourth-order valence-electron chi connectivity index (χ4n) is 4.04. The van der Waals surface area contributed by atoms with Crippen LogP contribution in [0.15, 0.2) is 36.5 Å². The van der Waals surface area contributed by atoms with Crippen LogP contribution < -0.4 is 10.1 Å². The second-order valence-electron chi connectivity index (χ2n) is 8.36. The van der Waals surface area contributed by atoms with E-state index in [-0.39, 0.29) is 30.3 Å². The normalized spacial score (nSPS) is 18.9. The number of aliphatic hydroxyl groups excluding tert-OH is 1. The summed E-state index contributed by atoms with van der Waals surface area (Å²) in [5.41, 5.74) is -0.593. The van der Waals surface area contributed by atoms with Crippen molar-refractivity contribution in [3.05, 3.63) is 47.9 Å². The lowest BCUT2D eigenvalue weighted by molar-refractivity contribution is -0.141. The highest BCUT2D eigenvalue weighted by molar-refractivity contribution is 6.05. The largest absolute Gasteiger partial charge is 0.489 e. The van der Waals surface area contributed by atoms with Crippen LogP contribution in [0, 0.1) is 5.92 Å². The molecule has 1 fully saturated rings. The maximum atomic E-state index is 13.0. The number of alkyl halides is 3. The third-order valence-corrected chi connectivity index (χ3v) is 5.85. The molecule has 0 aliphatic heterocycles. The van der Waals surface area contributed by atoms with Crippen LogP contribution in [0.5, 0.6) is 5.75 Å². The van der Waals surface area contributed by atoms with Crippen molar-refractivity contribution in [2.45, 2.75) is 44.8 Å². The van der Waals surface area contributed by atoms with Crippen molar-refractivity contribution in [2.75, 3.05) is 18.5 Å². The molecule has 0 saturated heterocycles. The number of aliphatic hydroxyl groups is 1. The summed E-state index contributed by atoms with van der Waals surface area (Å²) in [6.07, 6.45) is 1.59. The van der Waals surface area contributed by atoms with Crippen molar-refractivity contribution in [2.24, 2.45) is 5.92 Å². The fraction of sp³-hybridized carbons (Fsp3) is 0.435. The van der Waals surface area contributed by atoms with E-state index in [9.17, 15) is 18.0 Å². The Hall–Kier alpha value is -3.14. The molecule has 1 aliphatic rings. The molecule has 0 unspecified atom stereocenters. The Bertz CT molecular complexity index is 1140. The Morgan fingerprint density at radius 1 is 1.24 bits per heavy atom. The van der Waals surface area contributed by atoms with E-state index in [2.05, 4.69) is 22.3 Å². The Morgan fingerprint density at radius 2 is 2.00 bits per heavy atom. The van der Waals surface area contributed by atoms with Gasteiger partial charge in [0, 0.05) is 17.6 Å². The number of aromatic nitrogens is 3. The smallest absolute Gasteiger partial charge is 0.433 e. The van der Waals surface area contributed by atoms with Crippen molar-refractivity contribution in [3.8, 4) is 5.75 Å². The van der Waals surface area contributed by atoms with Crippen LogP contribution in [0.3, 0.4) is 0 Å². The van der Waals surface area contributed by atoms with E-state index in [4.69, 9.17) is 9.84 Å². The van der Waals surface area contributed by atoms with Crippen molar-refractivity contribution < 1.29 is 27.8 Å². The number of hydrogen-bond donors (Lipinski definition) is 2. The molecule has 1 aliphatic carbocycles. The summed E-state index contributed by atoms with van der Waals surface area (Å²) in [6.45, 7) is 1.99. The van der Waals surface area contributed by atoms with Crippen LogP contribution in [0.25, 0.3) is 10.9 Å². The number of nitrogens with zero attached hydrogens (tertiary/aromatic N) is 3. The third kappa shape index (κ3) is 5.27. The molecule has 4 rings (SSSR count). The summed E-state index contributed by atoms with van der Waals surface area (Å²) in [5, 5.41) is 17.2. The number of carbonyl (C=O) groups excluding carboxylic acids is 1.